The number of amides is 1. The molecule has 0 saturated carbocycles. The quantitative estimate of drug-likeness (QED) is 0.513. The van der Waals surface area contributed by atoms with Gasteiger partial charge < -0.3 is 5.32 Å². The first-order chi connectivity index (χ1) is 10.8. The van der Waals surface area contributed by atoms with Crippen LogP contribution in [0.25, 0.3) is 6.08 Å². The number of anilines is 1. The second-order valence-corrected chi connectivity index (χ2v) is 7.90. The van der Waals surface area contributed by atoms with Crippen molar-refractivity contribution in [2.75, 3.05) is 5.32 Å². The maximum absolute atomic E-state index is 12.0. The van der Waals surface area contributed by atoms with Crippen LogP contribution in [0, 0.1) is 10.5 Å². The third-order valence-electron chi connectivity index (χ3n) is 3.65. The van der Waals surface area contributed by atoms with Crippen molar-refractivity contribution in [3.8, 4) is 0 Å². The molecule has 0 bridgehead atoms. The summed E-state index contributed by atoms with van der Waals surface area (Å²) in [6.07, 6.45) is 3.41. The van der Waals surface area contributed by atoms with Gasteiger partial charge in [-0.2, -0.15) is 0 Å². The lowest BCUT2D eigenvalue weighted by Crippen LogP contribution is -2.10. The number of hydrogen-bond acceptors (Lipinski definition) is 1. The van der Waals surface area contributed by atoms with Gasteiger partial charge in [0.1, 0.15) is 0 Å². The highest BCUT2D eigenvalue weighted by Crippen LogP contribution is 2.22. The third kappa shape index (κ3) is 5.20. The predicted octanol–water partition coefficient (Wildman–Crippen LogP) is 5.55. The van der Waals surface area contributed by atoms with Crippen LogP contribution >= 0.6 is 22.6 Å². The highest BCUT2D eigenvalue weighted by atomic mass is 127. The number of benzene rings is 2. The van der Waals surface area contributed by atoms with E-state index in [1.54, 1.807) is 6.08 Å². The lowest BCUT2D eigenvalue weighted by atomic mass is 9.87. The second-order valence-electron chi connectivity index (χ2n) is 6.65. The molecule has 1 N–H and O–H groups in total. The van der Waals surface area contributed by atoms with Gasteiger partial charge in [0, 0.05) is 15.3 Å². The zero-order valence-corrected chi connectivity index (χ0v) is 16.1. The average Bonchev–Trinajstić information content (AvgIpc) is 2.47. The molecule has 2 aromatic carbocycles. The van der Waals surface area contributed by atoms with Crippen LogP contribution in [-0.4, -0.2) is 5.91 Å². The number of halogens is 1. The smallest absolute Gasteiger partial charge is 0.248 e. The summed E-state index contributed by atoms with van der Waals surface area (Å²) in [7, 11) is 0. The maximum atomic E-state index is 12.0. The van der Waals surface area contributed by atoms with Gasteiger partial charge in [0.25, 0.3) is 0 Å². The Morgan fingerprint density at radius 1 is 1.09 bits per heavy atom. The SMILES string of the molecule is Cc1cc(I)ccc1NC(=O)/C=C/c1ccc(C(C)(C)C)cc1. The molecule has 0 fully saturated rings. The molecule has 2 nitrogen and oxygen atoms in total. The van der Waals surface area contributed by atoms with E-state index in [-0.39, 0.29) is 11.3 Å². The molecule has 0 radical (unpaired) electrons. The molecule has 1 amide bonds. The molecule has 0 aliphatic heterocycles. The molecule has 0 aliphatic carbocycles. The molecule has 0 spiro atoms. The number of hydrogen-bond donors (Lipinski definition) is 1. The fourth-order valence-corrected chi connectivity index (χ4v) is 2.85. The van der Waals surface area contributed by atoms with Crippen LogP contribution in [-0.2, 0) is 10.2 Å². The molecule has 0 heterocycles. The van der Waals surface area contributed by atoms with Crippen LogP contribution in [0.2, 0.25) is 0 Å². The Labute approximate surface area is 152 Å². The topological polar surface area (TPSA) is 29.1 Å². The summed E-state index contributed by atoms with van der Waals surface area (Å²) >= 11 is 2.26. The van der Waals surface area contributed by atoms with Crippen LogP contribution < -0.4 is 5.32 Å². The van der Waals surface area contributed by atoms with Crippen LogP contribution in [0.15, 0.2) is 48.5 Å². The minimum absolute atomic E-state index is 0.116. The molecule has 3 heteroatoms. The van der Waals surface area contributed by atoms with E-state index in [0.717, 1.165) is 20.4 Å². The van der Waals surface area contributed by atoms with Gasteiger partial charge in [0.05, 0.1) is 0 Å². The zero-order valence-electron chi connectivity index (χ0n) is 14.0. The van der Waals surface area contributed by atoms with E-state index in [1.807, 2.05) is 43.3 Å². The Bertz CT molecular complexity index is 724. The van der Waals surface area contributed by atoms with E-state index >= 15 is 0 Å². The van der Waals surface area contributed by atoms with Crippen molar-refractivity contribution in [2.45, 2.75) is 33.1 Å². The van der Waals surface area contributed by atoms with Crippen molar-refractivity contribution in [1.29, 1.82) is 0 Å². The monoisotopic (exact) mass is 419 g/mol. The molecule has 0 saturated heterocycles. The number of aryl methyl sites for hydroxylation is 1. The number of rotatable bonds is 3. The van der Waals surface area contributed by atoms with Gasteiger partial charge in [0.2, 0.25) is 5.91 Å². The summed E-state index contributed by atoms with van der Waals surface area (Å²) in [4.78, 5) is 12.0. The third-order valence-corrected chi connectivity index (χ3v) is 4.32. The van der Waals surface area contributed by atoms with Gasteiger partial charge >= 0.3 is 0 Å². The highest BCUT2D eigenvalue weighted by molar-refractivity contribution is 14.1. The van der Waals surface area contributed by atoms with Crippen molar-refractivity contribution in [1.82, 2.24) is 0 Å². The van der Waals surface area contributed by atoms with E-state index in [1.165, 1.54) is 5.56 Å². The summed E-state index contributed by atoms with van der Waals surface area (Å²) in [5.74, 6) is -0.116. The van der Waals surface area contributed by atoms with Crippen molar-refractivity contribution >= 4 is 40.3 Å². The Morgan fingerprint density at radius 3 is 2.30 bits per heavy atom. The molecule has 0 unspecified atom stereocenters. The van der Waals surface area contributed by atoms with Gasteiger partial charge in [-0.05, 0) is 75.9 Å². The number of carbonyl (C=O) groups excluding carboxylic acids is 1. The van der Waals surface area contributed by atoms with Gasteiger partial charge in [-0.1, -0.05) is 45.0 Å². The largest absolute Gasteiger partial charge is 0.322 e. The fourth-order valence-electron chi connectivity index (χ4n) is 2.21. The molecule has 2 aromatic rings. The van der Waals surface area contributed by atoms with E-state index < -0.39 is 0 Å². The molecular formula is C20H22INO. The zero-order chi connectivity index (χ0) is 17.0. The van der Waals surface area contributed by atoms with Gasteiger partial charge in [-0.3, -0.25) is 4.79 Å². The molecule has 2 rings (SSSR count). The van der Waals surface area contributed by atoms with Crippen LogP contribution in [0.5, 0.6) is 0 Å². The van der Waals surface area contributed by atoms with Crippen molar-refractivity contribution in [2.24, 2.45) is 0 Å². The second kappa shape index (κ2) is 7.30. The van der Waals surface area contributed by atoms with Crippen LogP contribution in [0.4, 0.5) is 5.69 Å². The van der Waals surface area contributed by atoms with E-state index in [9.17, 15) is 4.79 Å². The first-order valence-electron chi connectivity index (χ1n) is 7.61. The molecule has 0 atom stereocenters. The standard InChI is InChI=1S/C20H22INO/c1-14-13-17(21)10-11-18(14)22-19(23)12-7-15-5-8-16(9-6-15)20(2,3)4/h5-13H,1-4H3,(H,22,23)/b12-7+. The molecule has 120 valence electrons. The Hall–Kier alpha value is -1.62. The molecule has 23 heavy (non-hydrogen) atoms. The minimum Gasteiger partial charge on any atom is -0.322 e. The van der Waals surface area contributed by atoms with Gasteiger partial charge in [0.15, 0.2) is 0 Å². The van der Waals surface area contributed by atoms with E-state index in [4.69, 9.17) is 0 Å². The fraction of sp³-hybridized carbons (Fsp3) is 0.250. The van der Waals surface area contributed by atoms with E-state index in [0.29, 0.717) is 0 Å². The summed E-state index contributed by atoms with van der Waals surface area (Å²) in [6.45, 7) is 8.56. The number of carbonyl (C=O) groups is 1. The minimum atomic E-state index is -0.116. The lowest BCUT2D eigenvalue weighted by Gasteiger charge is -2.18. The first kappa shape index (κ1) is 17.7. The summed E-state index contributed by atoms with van der Waals surface area (Å²) < 4.78 is 1.16. The van der Waals surface area contributed by atoms with Crippen molar-refractivity contribution in [3.05, 3.63) is 68.8 Å². The summed E-state index contributed by atoms with van der Waals surface area (Å²) in [5, 5.41) is 2.91. The maximum Gasteiger partial charge on any atom is 0.248 e. The molecule has 0 aromatic heterocycles. The molecular weight excluding hydrogens is 397 g/mol. The Morgan fingerprint density at radius 2 is 1.74 bits per heavy atom. The van der Waals surface area contributed by atoms with Crippen molar-refractivity contribution in [3.63, 3.8) is 0 Å². The molecule has 0 aliphatic rings. The van der Waals surface area contributed by atoms with Crippen LogP contribution in [0.3, 0.4) is 0 Å². The average molecular weight is 419 g/mol. The summed E-state index contributed by atoms with van der Waals surface area (Å²) in [5.41, 5.74) is 4.36. The Kier molecular flexibility index (Phi) is 5.63. The lowest BCUT2D eigenvalue weighted by molar-refractivity contribution is -0.111. The normalized spacial score (nSPS) is 11.7. The van der Waals surface area contributed by atoms with Gasteiger partial charge in [-0.25, -0.2) is 0 Å². The summed E-state index contributed by atoms with van der Waals surface area (Å²) in [6, 6.07) is 14.3. The highest BCUT2D eigenvalue weighted by Gasteiger charge is 2.12. The van der Waals surface area contributed by atoms with Crippen molar-refractivity contribution < 1.29 is 4.79 Å². The number of nitrogens with one attached hydrogen (secondary N) is 1. The van der Waals surface area contributed by atoms with Crippen LogP contribution in [0.1, 0.15) is 37.5 Å². The Balaban J connectivity index is 2.03. The first-order valence-corrected chi connectivity index (χ1v) is 8.69. The van der Waals surface area contributed by atoms with Gasteiger partial charge in [-0.15, -0.1) is 0 Å². The predicted molar refractivity (Wildman–Crippen MR) is 107 cm³/mol. The van der Waals surface area contributed by atoms with E-state index in [2.05, 4.69) is 60.8 Å².